The van der Waals surface area contributed by atoms with Gasteiger partial charge in [0.05, 0.1) is 0 Å². The fraction of sp³-hybridized carbons (Fsp3) is 0.462. The number of rotatable bonds is 0. The number of ether oxygens (including phenoxy) is 1. The third kappa shape index (κ3) is 1.28. The predicted molar refractivity (Wildman–Crippen MR) is 59.1 cm³/mol. The Kier molecular flexibility index (Phi) is 2.09. The highest BCUT2D eigenvalue weighted by molar-refractivity contribution is 5.44. The molecule has 0 fully saturated rings. The van der Waals surface area contributed by atoms with Gasteiger partial charge >= 0.3 is 0 Å². The van der Waals surface area contributed by atoms with Gasteiger partial charge in [-0.3, -0.25) is 0 Å². The average molecular weight is 205 g/mol. The minimum absolute atomic E-state index is 0.103. The van der Waals surface area contributed by atoms with Crippen molar-refractivity contribution in [3.8, 4) is 5.75 Å². The Morgan fingerprint density at radius 1 is 1.00 bits per heavy atom. The molecule has 0 unspecified atom stereocenters. The smallest absolute Gasteiger partial charge is 0.280 e. The zero-order chi connectivity index (χ0) is 11.3. The van der Waals surface area contributed by atoms with Gasteiger partial charge in [-0.1, -0.05) is 45.9 Å². The van der Waals surface area contributed by atoms with Gasteiger partial charge in [-0.25, -0.2) is 0 Å². The standard InChI is InChI=1S/C13H17O2/c1-12(2)9-7-5-6-8-10(9)15-11(14)13(12,3)4/h5-8,14H,1-4H3. The summed E-state index contributed by atoms with van der Waals surface area (Å²) < 4.78 is 5.45. The van der Waals surface area contributed by atoms with E-state index in [2.05, 4.69) is 19.9 Å². The molecule has 0 spiro atoms. The Morgan fingerprint density at radius 2 is 1.60 bits per heavy atom. The van der Waals surface area contributed by atoms with Crippen LogP contribution in [0.25, 0.3) is 0 Å². The average Bonchev–Trinajstić information content (AvgIpc) is 2.16. The van der Waals surface area contributed by atoms with Crippen molar-refractivity contribution >= 4 is 0 Å². The Hall–Kier alpha value is -1.02. The molecular weight excluding hydrogens is 188 g/mol. The van der Waals surface area contributed by atoms with Crippen molar-refractivity contribution in [2.24, 2.45) is 5.41 Å². The van der Waals surface area contributed by atoms with E-state index in [0.717, 1.165) is 11.3 Å². The van der Waals surface area contributed by atoms with Crippen LogP contribution in [0.1, 0.15) is 33.3 Å². The minimum Gasteiger partial charge on any atom is -0.455 e. The fourth-order valence-electron chi connectivity index (χ4n) is 1.91. The topological polar surface area (TPSA) is 29.5 Å². The second-order valence-electron chi connectivity index (χ2n) is 5.15. The van der Waals surface area contributed by atoms with Crippen LogP contribution in [0.2, 0.25) is 0 Å². The van der Waals surface area contributed by atoms with Crippen LogP contribution in [0.5, 0.6) is 5.75 Å². The Morgan fingerprint density at radius 3 is 2.27 bits per heavy atom. The van der Waals surface area contributed by atoms with E-state index in [1.54, 1.807) is 0 Å². The SMILES string of the molecule is CC1(C)[C](O)Oc2ccccc2C1(C)C. The second kappa shape index (κ2) is 2.99. The highest BCUT2D eigenvalue weighted by Crippen LogP contribution is 2.53. The minimum atomic E-state index is -0.374. The third-order valence-corrected chi connectivity index (χ3v) is 3.86. The number of para-hydroxylation sites is 1. The van der Waals surface area contributed by atoms with Crippen molar-refractivity contribution < 1.29 is 9.84 Å². The summed E-state index contributed by atoms with van der Waals surface area (Å²) in [5.41, 5.74) is 0.639. The lowest BCUT2D eigenvalue weighted by Crippen LogP contribution is -2.46. The first-order valence-electron chi connectivity index (χ1n) is 5.21. The quantitative estimate of drug-likeness (QED) is 0.704. The fourth-order valence-corrected chi connectivity index (χ4v) is 1.91. The molecule has 1 aliphatic rings. The summed E-state index contributed by atoms with van der Waals surface area (Å²) in [6, 6.07) is 7.87. The molecule has 0 bridgehead atoms. The largest absolute Gasteiger partial charge is 0.455 e. The molecule has 1 N–H and O–H groups in total. The molecule has 81 valence electrons. The summed E-state index contributed by atoms with van der Waals surface area (Å²) in [5, 5.41) is 9.91. The molecule has 0 saturated carbocycles. The first kappa shape index (κ1) is 10.5. The van der Waals surface area contributed by atoms with Crippen molar-refractivity contribution in [1.82, 2.24) is 0 Å². The zero-order valence-electron chi connectivity index (χ0n) is 9.66. The third-order valence-electron chi connectivity index (χ3n) is 3.86. The van der Waals surface area contributed by atoms with Crippen LogP contribution < -0.4 is 4.74 Å². The van der Waals surface area contributed by atoms with Gasteiger partial charge in [0.15, 0.2) is 0 Å². The van der Waals surface area contributed by atoms with Crippen LogP contribution in [0.3, 0.4) is 0 Å². The van der Waals surface area contributed by atoms with Crippen molar-refractivity contribution in [3.05, 3.63) is 36.1 Å². The van der Waals surface area contributed by atoms with Gasteiger partial charge in [-0.15, -0.1) is 0 Å². The summed E-state index contributed by atoms with van der Waals surface area (Å²) >= 11 is 0. The maximum atomic E-state index is 9.91. The second-order valence-corrected chi connectivity index (χ2v) is 5.15. The lowest BCUT2D eigenvalue weighted by molar-refractivity contribution is -0.0430. The first-order valence-corrected chi connectivity index (χ1v) is 5.21. The molecule has 1 radical (unpaired) electrons. The molecule has 2 nitrogen and oxygen atoms in total. The maximum absolute atomic E-state index is 9.91. The summed E-state index contributed by atoms with van der Waals surface area (Å²) in [4.78, 5) is 0. The van der Waals surface area contributed by atoms with E-state index >= 15 is 0 Å². The summed E-state index contributed by atoms with van der Waals surface area (Å²) in [5.74, 6) is 0.763. The van der Waals surface area contributed by atoms with E-state index in [9.17, 15) is 5.11 Å². The van der Waals surface area contributed by atoms with E-state index in [1.165, 1.54) is 0 Å². The number of aliphatic hydroxyl groups excluding tert-OH is 1. The molecule has 1 aliphatic heterocycles. The van der Waals surface area contributed by atoms with E-state index < -0.39 is 0 Å². The van der Waals surface area contributed by atoms with Crippen LogP contribution in [0.15, 0.2) is 24.3 Å². The van der Waals surface area contributed by atoms with Gasteiger partial charge in [-0.05, 0) is 6.07 Å². The van der Waals surface area contributed by atoms with Crippen LogP contribution in [0, 0.1) is 11.7 Å². The van der Waals surface area contributed by atoms with Crippen LogP contribution in [-0.2, 0) is 5.41 Å². The van der Waals surface area contributed by atoms with Crippen LogP contribution >= 0.6 is 0 Å². The van der Waals surface area contributed by atoms with Gasteiger partial charge in [0.25, 0.3) is 6.29 Å². The Balaban J connectivity index is 2.61. The molecular formula is C13H17O2. The van der Waals surface area contributed by atoms with Gasteiger partial charge in [0.2, 0.25) is 0 Å². The van der Waals surface area contributed by atoms with Crippen molar-refractivity contribution in [3.63, 3.8) is 0 Å². The zero-order valence-corrected chi connectivity index (χ0v) is 9.66. The Bertz CT molecular complexity index is 380. The number of hydrogen-bond donors (Lipinski definition) is 1. The molecule has 2 heteroatoms. The first-order chi connectivity index (χ1) is 6.87. The predicted octanol–water partition coefficient (Wildman–Crippen LogP) is 3.24. The van der Waals surface area contributed by atoms with E-state index in [0.29, 0.717) is 0 Å². The molecule has 1 heterocycles. The summed E-state index contributed by atoms with van der Waals surface area (Å²) in [7, 11) is 0. The van der Waals surface area contributed by atoms with Gasteiger partial charge in [0, 0.05) is 16.4 Å². The molecule has 0 saturated heterocycles. The normalized spacial score (nSPS) is 23.0. The molecule has 2 rings (SSSR count). The van der Waals surface area contributed by atoms with E-state index in [-0.39, 0.29) is 17.1 Å². The monoisotopic (exact) mass is 205 g/mol. The molecule has 1 aromatic carbocycles. The van der Waals surface area contributed by atoms with E-state index in [4.69, 9.17) is 4.74 Å². The van der Waals surface area contributed by atoms with E-state index in [1.807, 2.05) is 32.0 Å². The molecule has 0 atom stereocenters. The van der Waals surface area contributed by atoms with Crippen molar-refractivity contribution in [2.45, 2.75) is 33.1 Å². The van der Waals surface area contributed by atoms with Crippen LogP contribution in [0.4, 0.5) is 0 Å². The highest BCUT2D eigenvalue weighted by atomic mass is 16.6. The van der Waals surface area contributed by atoms with Gasteiger partial charge < -0.3 is 9.84 Å². The number of aliphatic hydroxyl groups is 1. The molecule has 15 heavy (non-hydrogen) atoms. The maximum Gasteiger partial charge on any atom is 0.280 e. The van der Waals surface area contributed by atoms with Gasteiger partial charge in [0.1, 0.15) is 5.75 Å². The lowest BCUT2D eigenvalue weighted by atomic mass is 9.62. The molecule has 0 aromatic heterocycles. The van der Waals surface area contributed by atoms with Crippen LogP contribution in [-0.4, -0.2) is 5.11 Å². The highest BCUT2D eigenvalue weighted by Gasteiger charge is 2.51. The number of fused-ring (bicyclic) bond motifs is 1. The molecule has 0 aliphatic carbocycles. The summed E-state index contributed by atoms with van der Waals surface area (Å²) in [6.07, 6.45) is 0.103. The van der Waals surface area contributed by atoms with Crippen molar-refractivity contribution in [2.75, 3.05) is 0 Å². The molecule has 0 amide bonds. The van der Waals surface area contributed by atoms with Gasteiger partial charge in [-0.2, -0.15) is 0 Å². The lowest BCUT2D eigenvalue weighted by Gasteiger charge is -2.47. The number of benzene rings is 1. The van der Waals surface area contributed by atoms with Crippen molar-refractivity contribution in [1.29, 1.82) is 0 Å². The number of hydrogen-bond acceptors (Lipinski definition) is 2. The summed E-state index contributed by atoms with van der Waals surface area (Å²) in [6.45, 7) is 8.26. The Labute approximate surface area is 90.9 Å². The molecule has 1 aromatic rings.